The second kappa shape index (κ2) is 6.74. The van der Waals surface area contributed by atoms with Crippen LogP contribution >= 0.6 is 0 Å². The first-order valence-corrected chi connectivity index (χ1v) is 6.84. The standard InChI is InChI=1S/C14H19N5O2/c1-3-5-15-11-7-12(9-14(8-11)19(20)21)16-10-13-4-6-17-18(13)2/h4,6-9,15-16H,3,5,10H2,1-2H3. The monoisotopic (exact) mass is 289 g/mol. The van der Waals surface area contributed by atoms with E-state index in [1.54, 1.807) is 16.9 Å². The highest BCUT2D eigenvalue weighted by atomic mass is 16.6. The summed E-state index contributed by atoms with van der Waals surface area (Å²) in [5.74, 6) is 0. The maximum Gasteiger partial charge on any atom is 0.273 e. The van der Waals surface area contributed by atoms with Crippen LogP contribution in [0.3, 0.4) is 0 Å². The van der Waals surface area contributed by atoms with Gasteiger partial charge in [-0.15, -0.1) is 0 Å². The summed E-state index contributed by atoms with van der Waals surface area (Å²) in [4.78, 5) is 10.6. The topological polar surface area (TPSA) is 85.0 Å². The molecule has 0 bridgehead atoms. The molecule has 0 amide bonds. The fraction of sp³-hybridized carbons (Fsp3) is 0.357. The maximum atomic E-state index is 11.0. The molecule has 0 saturated carbocycles. The number of aromatic nitrogens is 2. The van der Waals surface area contributed by atoms with Gasteiger partial charge in [-0.1, -0.05) is 6.92 Å². The predicted molar refractivity (Wildman–Crippen MR) is 82.4 cm³/mol. The Morgan fingerprint density at radius 2 is 2.00 bits per heavy atom. The van der Waals surface area contributed by atoms with Crippen molar-refractivity contribution < 1.29 is 4.92 Å². The van der Waals surface area contributed by atoms with Crippen molar-refractivity contribution in [3.05, 3.63) is 46.3 Å². The van der Waals surface area contributed by atoms with Gasteiger partial charge in [0.25, 0.3) is 5.69 Å². The van der Waals surface area contributed by atoms with Crippen molar-refractivity contribution in [2.75, 3.05) is 17.2 Å². The fourth-order valence-corrected chi connectivity index (χ4v) is 1.96. The van der Waals surface area contributed by atoms with Crippen molar-refractivity contribution in [2.24, 2.45) is 7.05 Å². The van der Waals surface area contributed by atoms with Gasteiger partial charge >= 0.3 is 0 Å². The number of benzene rings is 1. The molecule has 0 aliphatic heterocycles. The zero-order valence-electron chi connectivity index (χ0n) is 12.2. The lowest BCUT2D eigenvalue weighted by molar-refractivity contribution is -0.384. The Bertz CT molecular complexity index is 624. The summed E-state index contributed by atoms with van der Waals surface area (Å²) in [6.07, 6.45) is 2.68. The van der Waals surface area contributed by atoms with E-state index in [-0.39, 0.29) is 10.6 Å². The first kappa shape index (κ1) is 14.8. The second-order valence-corrected chi connectivity index (χ2v) is 4.75. The zero-order chi connectivity index (χ0) is 15.2. The van der Waals surface area contributed by atoms with Gasteiger partial charge in [-0.3, -0.25) is 14.8 Å². The molecule has 0 spiro atoms. The Morgan fingerprint density at radius 1 is 1.29 bits per heavy atom. The zero-order valence-corrected chi connectivity index (χ0v) is 12.2. The van der Waals surface area contributed by atoms with Crippen LogP contribution in [0.15, 0.2) is 30.5 Å². The van der Waals surface area contributed by atoms with Gasteiger partial charge in [0.05, 0.1) is 17.2 Å². The summed E-state index contributed by atoms with van der Waals surface area (Å²) in [6, 6.07) is 6.86. The Labute approximate surface area is 123 Å². The van der Waals surface area contributed by atoms with Gasteiger partial charge in [0.1, 0.15) is 0 Å². The van der Waals surface area contributed by atoms with Crippen molar-refractivity contribution in [1.82, 2.24) is 9.78 Å². The van der Waals surface area contributed by atoms with Crippen LogP contribution in [0.2, 0.25) is 0 Å². The Kier molecular flexibility index (Phi) is 4.76. The van der Waals surface area contributed by atoms with Crippen LogP contribution in [0.5, 0.6) is 0 Å². The summed E-state index contributed by atoms with van der Waals surface area (Å²) in [6.45, 7) is 3.39. The molecule has 7 heteroatoms. The van der Waals surface area contributed by atoms with E-state index in [9.17, 15) is 10.1 Å². The summed E-state index contributed by atoms with van der Waals surface area (Å²) in [5.41, 5.74) is 2.54. The van der Waals surface area contributed by atoms with Crippen molar-refractivity contribution in [3.8, 4) is 0 Å². The third-order valence-electron chi connectivity index (χ3n) is 3.10. The normalized spacial score (nSPS) is 10.4. The van der Waals surface area contributed by atoms with Gasteiger partial charge in [-0.05, 0) is 18.6 Å². The smallest absolute Gasteiger partial charge is 0.273 e. The molecule has 0 aliphatic carbocycles. The molecule has 112 valence electrons. The molecule has 2 aromatic rings. The van der Waals surface area contributed by atoms with Crippen LogP contribution in [0, 0.1) is 10.1 Å². The maximum absolute atomic E-state index is 11.0. The highest BCUT2D eigenvalue weighted by Crippen LogP contribution is 2.24. The van der Waals surface area contributed by atoms with Crippen molar-refractivity contribution in [1.29, 1.82) is 0 Å². The summed E-state index contributed by atoms with van der Waals surface area (Å²) in [5, 5.41) is 21.5. The van der Waals surface area contributed by atoms with Crippen LogP contribution in [0.4, 0.5) is 17.1 Å². The molecular formula is C14H19N5O2. The van der Waals surface area contributed by atoms with E-state index < -0.39 is 0 Å². The highest BCUT2D eigenvalue weighted by molar-refractivity contribution is 5.63. The van der Waals surface area contributed by atoms with Gasteiger partial charge < -0.3 is 10.6 Å². The third kappa shape index (κ3) is 3.95. The summed E-state index contributed by atoms with van der Waals surface area (Å²) >= 11 is 0. The van der Waals surface area contributed by atoms with E-state index in [1.165, 1.54) is 6.07 Å². The van der Waals surface area contributed by atoms with Gasteiger partial charge in [0.15, 0.2) is 0 Å². The number of nitro groups is 1. The quantitative estimate of drug-likeness (QED) is 0.604. The Hall–Kier alpha value is -2.57. The number of non-ortho nitro benzene ring substituents is 1. The van der Waals surface area contributed by atoms with E-state index in [1.807, 2.05) is 26.1 Å². The summed E-state index contributed by atoms with van der Waals surface area (Å²) in [7, 11) is 1.86. The number of nitrogens with zero attached hydrogens (tertiary/aromatic N) is 3. The van der Waals surface area contributed by atoms with Gasteiger partial charge in [-0.2, -0.15) is 5.10 Å². The van der Waals surface area contributed by atoms with Gasteiger partial charge in [0, 0.05) is 43.3 Å². The number of rotatable bonds is 7. The molecule has 1 aromatic heterocycles. The van der Waals surface area contributed by atoms with Crippen LogP contribution in [-0.4, -0.2) is 21.2 Å². The van der Waals surface area contributed by atoms with E-state index in [2.05, 4.69) is 15.7 Å². The highest BCUT2D eigenvalue weighted by Gasteiger charge is 2.10. The largest absolute Gasteiger partial charge is 0.385 e. The van der Waals surface area contributed by atoms with Gasteiger partial charge in [0.2, 0.25) is 0 Å². The average molecular weight is 289 g/mol. The van der Waals surface area contributed by atoms with Crippen molar-refractivity contribution >= 4 is 17.1 Å². The Balaban J connectivity index is 2.15. The molecule has 2 N–H and O–H groups in total. The molecule has 0 atom stereocenters. The van der Waals surface area contributed by atoms with Crippen molar-refractivity contribution in [3.63, 3.8) is 0 Å². The fourth-order valence-electron chi connectivity index (χ4n) is 1.96. The molecule has 21 heavy (non-hydrogen) atoms. The Morgan fingerprint density at radius 3 is 2.57 bits per heavy atom. The molecular weight excluding hydrogens is 270 g/mol. The second-order valence-electron chi connectivity index (χ2n) is 4.75. The third-order valence-corrected chi connectivity index (χ3v) is 3.10. The first-order chi connectivity index (χ1) is 10.1. The lowest BCUT2D eigenvalue weighted by atomic mass is 10.2. The van der Waals surface area contributed by atoms with E-state index >= 15 is 0 Å². The molecule has 0 aliphatic rings. The van der Waals surface area contributed by atoms with E-state index in [0.29, 0.717) is 12.2 Å². The van der Waals surface area contributed by atoms with Crippen LogP contribution < -0.4 is 10.6 Å². The lowest BCUT2D eigenvalue weighted by Crippen LogP contribution is -2.07. The molecule has 1 heterocycles. The first-order valence-electron chi connectivity index (χ1n) is 6.84. The van der Waals surface area contributed by atoms with Crippen LogP contribution in [0.1, 0.15) is 19.0 Å². The number of aryl methyl sites for hydroxylation is 1. The molecule has 0 radical (unpaired) electrons. The molecule has 7 nitrogen and oxygen atoms in total. The lowest BCUT2D eigenvalue weighted by Gasteiger charge is -2.10. The molecule has 1 aromatic carbocycles. The number of anilines is 2. The van der Waals surface area contributed by atoms with Crippen LogP contribution in [-0.2, 0) is 13.6 Å². The average Bonchev–Trinajstić information content (AvgIpc) is 2.88. The predicted octanol–water partition coefficient (Wildman–Crippen LogP) is 2.76. The molecule has 0 fully saturated rings. The van der Waals surface area contributed by atoms with Gasteiger partial charge in [-0.25, -0.2) is 0 Å². The molecule has 0 unspecified atom stereocenters. The number of hydrogen-bond donors (Lipinski definition) is 2. The van der Waals surface area contributed by atoms with Crippen molar-refractivity contribution in [2.45, 2.75) is 19.9 Å². The SMILES string of the molecule is CCCNc1cc(NCc2ccnn2C)cc([N+](=O)[O-])c1. The minimum Gasteiger partial charge on any atom is -0.385 e. The van der Waals surface area contributed by atoms with E-state index in [0.717, 1.165) is 24.3 Å². The number of nitro benzene ring substituents is 1. The number of hydrogen-bond acceptors (Lipinski definition) is 5. The molecule has 2 rings (SSSR count). The molecule has 0 saturated heterocycles. The minimum atomic E-state index is -0.383. The summed E-state index contributed by atoms with van der Waals surface area (Å²) < 4.78 is 1.76. The minimum absolute atomic E-state index is 0.0728. The van der Waals surface area contributed by atoms with E-state index in [4.69, 9.17) is 0 Å². The van der Waals surface area contributed by atoms with Crippen LogP contribution in [0.25, 0.3) is 0 Å². The number of nitrogens with one attached hydrogen (secondary N) is 2.